The smallest absolute Gasteiger partial charge is 0.230 e. The highest BCUT2D eigenvalue weighted by atomic mass is 32.2. The van der Waals surface area contributed by atoms with E-state index in [-0.39, 0.29) is 23.5 Å². The quantitative estimate of drug-likeness (QED) is 0.449. The average Bonchev–Trinajstić information content (AvgIpc) is 3.10. The summed E-state index contributed by atoms with van der Waals surface area (Å²) in [6.45, 7) is 6.20. The second-order valence-electron chi connectivity index (χ2n) is 6.21. The number of benzene rings is 2. The number of aromatic nitrogens is 3. The van der Waals surface area contributed by atoms with Crippen LogP contribution in [-0.2, 0) is 11.3 Å². The second kappa shape index (κ2) is 9.23. The molecule has 0 aliphatic heterocycles. The van der Waals surface area contributed by atoms with E-state index in [1.54, 1.807) is 24.3 Å². The molecule has 1 atom stereocenters. The topological polar surface area (TPSA) is 80.0 Å². The van der Waals surface area contributed by atoms with Crippen molar-refractivity contribution in [2.45, 2.75) is 24.7 Å². The van der Waals surface area contributed by atoms with E-state index >= 15 is 0 Å². The van der Waals surface area contributed by atoms with Crippen LogP contribution in [-0.4, -0.2) is 31.5 Å². The van der Waals surface area contributed by atoms with Crippen LogP contribution >= 0.6 is 11.8 Å². The first-order valence-electron chi connectivity index (χ1n) is 8.89. The second-order valence-corrected chi connectivity index (χ2v) is 7.15. The number of aromatic hydroxyl groups is 1. The lowest BCUT2D eigenvalue weighted by atomic mass is 10.1. The molecule has 2 N–H and O–H groups in total. The minimum atomic E-state index is -0.0846. The number of carbonyl (C=O) groups is 1. The molecule has 1 heterocycles. The summed E-state index contributed by atoms with van der Waals surface area (Å²) in [6, 6.07) is 16.7. The van der Waals surface area contributed by atoms with Crippen LogP contribution < -0.4 is 5.32 Å². The fourth-order valence-electron chi connectivity index (χ4n) is 2.79. The first-order valence-corrected chi connectivity index (χ1v) is 9.88. The van der Waals surface area contributed by atoms with Crippen molar-refractivity contribution in [3.8, 4) is 17.1 Å². The van der Waals surface area contributed by atoms with Crippen LogP contribution in [0.5, 0.6) is 5.75 Å². The fraction of sp³-hybridized carbons (Fsp3) is 0.190. The number of amides is 1. The number of phenols is 1. The predicted molar refractivity (Wildman–Crippen MR) is 111 cm³/mol. The minimum absolute atomic E-state index is 0.0721. The van der Waals surface area contributed by atoms with Gasteiger partial charge in [-0.05, 0) is 24.6 Å². The molecule has 0 radical (unpaired) electrons. The summed E-state index contributed by atoms with van der Waals surface area (Å²) >= 11 is 1.30. The molecule has 0 unspecified atom stereocenters. The predicted octanol–water partition coefficient (Wildman–Crippen LogP) is 3.81. The Bertz CT molecular complexity index is 956. The van der Waals surface area contributed by atoms with Crippen molar-refractivity contribution < 1.29 is 9.90 Å². The summed E-state index contributed by atoms with van der Waals surface area (Å²) in [5, 5.41) is 22.1. The van der Waals surface area contributed by atoms with Crippen molar-refractivity contribution in [2.75, 3.05) is 5.75 Å². The largest absolute Gasteiger partial charge is 0.507 e. The zero-order chi connectivity index (χ0) is 19.9. The summed E-state index contributed by atoms with van der Waals surface area (Å²) in [7, 11) is 0. The number of nitrogens with one attached hydrogen (secondary N) is 1. The number of phenolic OH excluding ortho intramolecular Hbond substituents is 1. The van der Waals surface area contributed by atoms with Crippen molar-refractivity contribution in [3.63, 3.8) is 0 Å². The van der Waals surface area contributed by atoms with Gasteiger partial charge in [-0.1, -0.05) is 60.3 Å². The first kappa shape index (κ1) is 19.7. The van der Waals surface area contributed by atoms with Gasteiger partial charge in [-0.15, -0.1) is 16.8 Å². The van der Waals surface area contributed by atoms with Gasteiger partial charge in [0.25, 0.3) is 0 Å². The highest BCUT2D eigenvalue weighted by Gasteiger charge is 2.17. The van der Waals surface area contributed by atoms with E-state index in [4.69, 9.17) is 0 Å². The Morgan fingerprint density at radius 3 is 2.64 bits per heavy atom. The number of hydrogen-bond acceptors (Lipinski definition) is 5. The summed E-state index contributed by atoms with van der Waals surface area (Å²) in [5.74, 6) is 0.802. The van der Waals surface area contributed by atoms with Crippen LogP contribution in [0, 0.1) is 0 Å². The highest BCUT2D eigenvalue weighted by molar-refractivity contribution is 7.99. The zero-order valence-corrected chi connectivity index (χ0v) is 16.4. The van der Waals surface area contributed by atoms with Crippen LogP contribution in [0.4, 0.5) is 0 Å². The maximum Gasteiger partial charge on any atom is 0.230 e. The molecule has 0 saturated carbocycles. The van der Waals surface area contributed by atoms with E-state index in [2.05, 4.69) is 22.1 Å². The Morgan fingerprint density at radius 1 is 1.21 bits per heavy atom. The van der Waals surface area contributed by atoms with Crippen LogP contribution in [0.3, 0.4) is 0 Å². The maximum absolute atomic E-state index is 12.4. The molecule has 3 aromatic rings. The van der Waals surface area contributed by atoms with Gasteiger partial charge >= 0.3 is 0 Å². The van der Waals surface area contributed by atoms with Gasteiger partial charge in [0.15, 0.2) is 11.0 Å². The summed E-state index contributed by atoms with van der Waals surface area (Å²) in [6.07, 6.45) is 1.73. The van der Waals surface area contributed by atoms with E-state index < -0.39 is 0 Å². The Kier molecular flexibility index (Phi) is 6.49. The zero-order valence-electron chi connectivity index (χ0n) is 15.6. The van der Waals surface area contributed by atoms with Crippen LogP contribution in [0.2, 0.25) is 0 Å². The molecular weight excluding hydrogens is 372 g/mol. The third-order valence-electron chi connectivity index (χ3n) is 4.18. The van der Waals surface area contributed by atoms with E-state index in [9.17, 15) is 9.90 Å². The monoisotopic (exact) mass is 394 g/mol. The lowest BCUT2D eigenvalue weighted by Crippen LogP contribution is -2.28. The summed E-state index contributed by atoms with van der Waals surface area (Å²) < 4.78 is 1.83. The number of allylic oxidation sites excluding steroid dienone is 1. The lowest BCUT2D eigenvalue weighted by molar-refractivity contribution is -0.119. The Balaban J connectivity index is 1.70. The average molecular weight is 395 g/mol. The van der Waals surface area contributed by atoms with Gasteiger partial charge in [-0.3, -0.25) is 9.36 Å². The molecule has 1 aromatic heterocycles. The molecule has 0 spiro atoms. The van der Waals surface area contributed by atoms with Crippen molar-refractivity contribution in [1.29, 1.82) is 0 Å². The van der Waals surface area contributed by atoms with Crippen molar-refractivity contribution in [2.24, 2.45) is 0 Å². The number of rotatable bonds is 8. The maximum atomic E-state index is 12.4. The molecule has 0 aliphatic carbocycles. The third kappa shape index (κ3) is 4.61. The molecule has 144 valence electrons. The van der Waals surface area contributed by atoms with Gasteiger partial charge in [0.05, 0.1) is 17.4 Å². The first-order chi connectivity index (χ1) is 13.6. The van der Waals surface area contributed by atoms with Gasteiger partial charge in [-0.2, -0.15) is 0 Å². The molecule has 28 heavy (non-hydrogen) atoms. The lowest BCUT2D eigenvalue weighted by Gasteiger charge is -2.14. The van der Waals surface area contributed by atoms with Crippen LogP contribution in [0.1, 0.15) is 18.5 Å². The number of nitrogens with zero attached hydrogens (tertiary/aromatic N) is 3. The molecule has 0 aliphatic rings. The van der Waals surface area contributed by atoms with Crippen molar-refractivity contribution in [3.05, 3.63) is 72.8 Å². The van der Waals surface area contributed by atoms with Gasteiger partial charge in [-0.25, -0.2) is 0 Å². The van der Waals surface area contributed by atoms with Crippen molar-refractivity contribution >= 4 is 17.7 Å². The van der Waals surface area contributed by atoms with Gasteiger partial charge < -0.3 is 10.4 Å². The van der Waals surface area contributed by atoms with E-state index in [1.165, 1.54) is 11.8 Å². The normalized spacial score (nSPS) is 11.8. The van der Waals surface area contributed by atoms with Gasteiger partial charge in [0, 0.05) is 6.54 Å². The third-order valence-corrected chi connectivity index (χ3v) is 5.15. The van der Waals surface area contributed by atoms with E-state index in [1.807, 2.05) is 47.9 Å². The molecule has 0 fully saturated rings. The highest BCUT2D eigenvalue weighted by Crippen LogP contribution is 2.30. The molecule has 2 aromatic carbocycles. The molecule has 0 bridgehead atoms. The Labute approximate surface area is 168 Å². The Morgan fingerprint density at radius 2 is 1.93 bits per heavy atom. The van der Waals surface area contributed by atoms with Gasteiger partial charge in [0.1, 0.15) is 5.75 Å². The van der Waals surface area contributed by atoms with E-state index in [0.717, 1.165) is 5.56 Å². The molecule has 3 rings (SSSR count). The molecule has 7 heteroatoms. The number of thioether (sulfide) groups is 1. The molecular formula is C21H22N4O2S. The van der Waals surface area contributed by atoms with E-state index in [0.29, 0.717) is 23.1 Å². The molecule has 0 saturated heterocycles. The standard InChI is InChI=1S/C21H22N4O2S/c1-3-13-25-20(17-11-7-8-12-18(17)26)23-24-21(25)28-14-19(27)22-15(2)16-9-5-4-6-10-16/h3-12,15,26H,1,13-14H2,2H3,(H,22,27)/t15-/m0/s1. The fourth-order valence-corrected chi connectivity index (χ4v) is 3.55. The summed E-state index contributed by atoms with van der Waals surface area (Å²) in [4.78, 5) is 12.4. The molecule has 6 nitrogen and oxygen atoms in total. The van der Waals surface area contributed by atoms with Gasteiger partial charge in [0.2, 0.25) is 5.91 Å². The molecule has 1 amide bonds. The van der Waals surface area contributed by atoms with Crippen LogP contribution in [0.25, 0.3) is 11.4 Å². The number of hydrogen-bond donors (Lipinski definition) is 2. The Hall–Kier alpha value is -3.06. The number of para-hydroxylation sites is 1. The van der Waals surface area contributed by atoms with Crippen molar-refractivity contribution in [1.82, 2.24) is 20.1 Å². The SMILES string of the molecule is C=CCn1c(SCC(=O)N[C@@H](C)c2ccccc2)nnc1-c1ccccc1O. The van der Waals surface area contributed by atoms with Crippen LogP contribution in [0.15, 0.2) is 72.4 Å². The summed E-state index contributed by atoms with van der Waals surface area (Å²) in [5.41, 5.74) is 1.64. The number of carbonyl (C=O) groups excluding carboxylic acids is 1. The minimum Gasteiger partial charge on any atom is -0.507 e.